The molecule has 1 N–H and O–H groups in total. The number of aromatic nitrogens is 2. The van der Waals surface area contributed by atoms with Crippen LogP contribution in [0.15, 0.2) is 60.2 Å². The van der Waals surface area contributed by atoms with E-state index in [1.807, 2.05) is 36.4 Å². The van der Waals surface area contributed by atoms with E-state index in [0.29, 0.717) is 27.8 Å². The molecule has 0 saturated heterocycles. The largest absolute Gasteiger partial charge is 0.497 e. The molecular weight excluding hydrogens is 376 g/mol. The maximum Gasteiger partial charge on any atom is 0.266 e. The molecule has 0 aliphatic heterocycles. The molecular formula is C21H17ClN4O2. The maximum absolute atomic E-state index is 12.5. The first-order valence-corrected chi connectivity index (χ1v) is 8.79. The zero-order valence-corrected chi connectivity index (χ0v) is 16.1. The van der Waals surface area contributed by atoms with E-state index >= 15 is 0 Å². The fourth-order valence-electron chi connectivity index (χ4n) is 2.61. The molecule has 0 fully saturated rings. The van der Waals surface area contributed by atoms with Gasteiger partial charge in [0.25, 0.3) is 5.91 Å². The van der Waals surface area contributed by atoms with E-state index in [0.717, 1.165) is 5.69 Å². The van der Waals surface area contributed by atoms with Crippen molar-refractivity contribution < 1.29 is 9.53 Å². The SMILES string of the molecule is COc1cccc(NC(=O)/C(C#N)=C/c2c(C)nn(-c3ccccc3)c2Cl)c1. The molecule has 140 valence electrons. The zero-order valence-electron chi connectivity index (χ0n) is 15.3. The average Bonchev–Trinajstić information content (AvgIpc) is 3.00. The number of rotatable bonds is 5. The highest BCUT2D eigenvalue weighted by atomic mass is 35.5. The van der Waals surface area contributed by atoms with Gasteiger partial charge in [0, 0.05) is 17.3 Å². The summed E-state index contributed by atoms with van der Waals surface area (Å²) in [4.78, 5) is 12.5. The van der Waals surface area contributed by atoms with E-state index in [-0.39, 0.29) is 5.57 Å². The number of halogens is 1. The van der Waals surface area contributed by atoms with E-state index in [1.54, 1.807) is 35.9 Å². The van der Waals surface area contributed by atoms with Crippen molar-refractivity contribution in [2.75, 3.05) is 12.4 Å². The number of benzene rings is 2. The van der Waals surface area contributed by atoms with Crippen molar-refractivity contribution in [3.8, 4) is 17.5 Å². The molecule has 0 atom stereocenters. The monoisotopic (exact) mass is 392 g/mol. The second-order valence-corrected chi connectivity index (χ2v) is 6.25. The normalized spacial score (nSPS) is 11.0. The van der Waals surface area contributed by atoms with Crippen LogP contribution in [0.2, 0.25) is 5.15 Å². The predicted molar refractivity (Wildman–Crippen MR) is 109 cm³/mol. The molecule has 6 nitrogen and oxygen atoms in total. The molecule has 0 radical (unpaired) electrons. The number of para-hydroxylation sites is 1. The van der Waals surface area contributed by atoms with Gasteiger partial charge in [-0.15, -0.1) is 0 Å². The first-order chi connectivity index (χ1) is 13.5. The van der Waals surface area contributed by atoms with Crippen molar-refractivity contribution in [1.82, 2.24) is 9.78 Å². The lowest BCUT2D eigenvalue weighted by Gasteiger charge is -2.06. The summed E-state index contributed by atoms with van der Waals surface area (Å²) < 4.78 is 6.70. The highest BCUT2D eigenvalue weighted by Gasteiger charge is 2.17. The van der Waals surface area contributed by atoms with Gasteiger partial charge in [-0.25, -0.2) is 4.68 Å². The number of aryl methyl sites for hydroxylation is 1. The average molecular weight is 393 g/mol. The first-order valence-electron chi connectivity index (χ1n) is 8.41. The van der Waals surface area contributed by atoms with Crippen LogP contribution in [0.1, 0.15) is 11.3 Å². The maximum atomic E-state index is 12.5. The lowest BCUT2D eigenvalue weighted by molar-refractivity contribution is -0.112. The van der Waals surface area contributed by atoms with Crippen LogP contribution < -0.4 is 10.1 Å². The third kappa shape index (κ3) is 4.05. The number of nitriles is 1. The van der Waals surface area contributed by atoms with Gasteiger partial charge >= 0.3 is 0 Å². The summed E-state index contributed by atoms with van der Waals surface area (Å²) in [6.07, 6.45) is 1.44. The van der Waals surface area contributed by atoms with Gasteiger partial charge < -0.3 is 10.1 Å². The van der Waals surface area contributed by atoms with Crippen molar-refractivity contribution in [3.05, 3.63) is 76.6 Å². The lowest BCUT2D eigenvalue weighted by Crippen LogP contribution is -2.13. The molecule has 28 heavy (non-hydrogen) atoms. The molecule has 0 spiro atoms. The van der Waals surface area contributed by atoms with Crippen LogP contribution in [0.4, 0.5) is 5.69 Å². The number of methoxy groups -OCH3 is 1. The van der Waals surface area contributed by atoms with Crippen molar-refractivity contribution >= 4 is 29.3 Å². The van der Waals surface area contributed by atoms with Crippen LogP contribution >= 0.6 is 11.6 Å². The molecule has 0 unspecified atom stereocenters. The highest BCUT2D eigenvalue weighted by molar-refractivity contribution is 6.31. The van der Waals surface area contributed by atoms with Gasteiger partial charge in [-0.1, -0.05) is 35.9 Å². The molecule has 2 aromatic carbocycles. The number of nitrogens with one attached hydrogen (secondary N) is 1. The number of anilines is 1. The number of hydrogen-bond acceptors (Lipinski definition) is 4. The summed E-state index contributed by atoms with van der Waals surface area (Å²) in [6, 6.07) is 18.2. The van der Waals surface area contributed by atoms with Crippen LogP contribution in [-0.2, 0) is 4.79 Å². The zero-order chi connectivity index (χ0) is 20.1. The van der Waals surface area contributed by atoms with Gasteiger partial charge in [0.15, 0.2) is 0 Å². The van der Waals surface area contributed by atoms with Gasteiger partial charge in [-0.3, -0.25) is 4.79 Å². The number of carbonyl (C=O) groups is 1. The molecule has 7 heteroatoms. The molecule has 3 rings (SSSR count). The highest BCUT2D eigenvalue weighted by Crippen LogP contribution is 2.26. The number of amides is 1. The second-order valence-electron chi connectivity index (χ2n) is 5.89. The van der Waals surface area contributed by atoms with Gasteiger partial charge in [0.2, 0.25) is 0 Å². The standard InChI is InChI=1S/C21H17ClN4O2/c1-14-19(20(22)26(25-14)17-8-4-3-5-9-17)11-15(13-23)21(27)24-16-7-6-10-18(12-16)28-2/h3-12H,1-2H3,(H,24,27)/b15-11+. The van der Waals surface area contributed by atoms with Crippen LogP contribution in [0.5, 0.6) is 5.75 Å². The number of carbonyl (C=O) groups excluding carboxylic acids is 1. The Morgan fingerprint density at radius 2 is 2.00 bits per heavy atom. The summed E-state index contributed by atoms with van der Waals surface area (Å²) >= 11 is 6.47. The van der Waals surface area contributed by atoms with Crippen molar-refractivity contribution in [2.24, 2.45) is 0 Å². The molecule has 0 saturated carbocycles. The third-order valence-electron chi connectivity index (χ3n) is 4.03. The van der Waals surface area contributed by atoms with Crippen LogP contribution in [0.25, 0.3) is 11.8 Å². The molecule has 1 amide bonds. The van der Waals surface area contributed by atoms with E-state index in [1.165, 1.54) is 13.2 Å². The van der Waals surface area contributed by atoms with Gasteiger partial charge in [0.1, 0.15) is 22.5 Å². The topological polar surface area (TPSA) is 79.9 Å². The third-order valence-corrected chi connectivity index (χ3v) is 4.39. The summed E-state index contributed by atoms with van der Waals surface area (Å²) in [6.45, 7) is 1.77. The van der Waals surface area contributed by atoms with Gasteiger partial charge in [-0.2, -0.15) is 10.4 Å². The molecule has 0 bridgehead atoms. The fraction of sp³-hybridized carbons (Fsp3) is 0.0952. The second kappa shape index (κ2) is 8.42. The van der Waals surface area contributed by atoms with Crippen molar-refractivity contribution in [1.29, 1.82) is 5.26 Å². The molecule has 3 aromatic rings. The lowest BCUT2D eigenvalue weighted by atomic mass is 10.1. The Morgan fingerprint density at radius 3 is 2.68 bits per heavy atom. The smallest absolute Gasteiger partial charge is 0.266 e. The Kier molecular flexibility index (Phi) is 5.78. The summed E-state index contributed by atoms with van der Waals surface area (Å²) in [5.41, 5.74) is 2.35. The quantitative estimate of drug-likeness (QED) is 0.516. The predicted octanol–water partition coefficient (Wildman–Crippen LogP) is 4.39. The Bertz CT molecular complexity index is 1080. The summed E-state index contributed by atoms with van der Waals surface area (Å²) in [5.74, 6) is 0.0574. The Labute approximate surface area is 167 Å². The molecule has 1 heterocycles. The van der Waals surface area contributed by atoms with E-state index < -0.39 is 5.91 Å². The summed E-state index contributed by atoms with van der Waals surface area (Å²) in [5, 5.41) is 16.9. The molecule has 0 aliphatic rings. The van der Waals surface area contributed by atoms with E-state index in [4.69, 9.17) is 16.3 Å². The minimum Gasteiger partial charge on any atom is -0.497 e. The van der Waals surface area contributed by atoms with Crippen LogP contribution in [0, 0.1) is 18.3 Å². The van der Waals surface area contributed by atoms with Gasteiger partial charge in [0.05, 0.1) is 18.5 Å². The Morgan fingerprint density at radius 1 is 1.25 bits per heavy atom. The number of ether oxygens (including phenoxy) is 1. The van der Waals surface area contributed by atoms with Crippen LogP contribution in [0.3, 0.4) is 0 Å². The van der Waals surface area contributed by atoms with E-state index in [2.05, 4.69) is 10.4 Å². The number of hydrogen-bond donors (Lipinski definition) is 1. The minimum absolute atomic E-state index is 0.0829. The first kappa shape index (κ1) is 19.2. The van der Waals surface area contributed by atoms with Crippen molar-refractivity contribution in [2.45, 2.75) is 6.92 Å². The van der Waals surface area contributed by atoms with Crippen molar-refractivity contribution in [3.63, 3.8) is 0 Å². The molecule has 1 aromatic heterocycles. The Hall–Kier alpha value is -3.56. The molecule has 0 aliphatic carbocycles. The van der Waals surface area contributed by atoms with Gasteiger partial charge in [-0.05, 0) is 37.3 Å². The minimum atomic E-state index is -0.543. The fourth-order valence-corrected chi connectivity index (χ4v) is 2.93. The Balaban J connectivity index is 1.91. The number of nitrogens with zero attached hydrogens (tertiary/aromatic N) is 3. The summed E-state index contributed by atoms with van der Waals surface area (Å²) in [7, 11) is 1.54. The van der Waals surface area contributed by atoms with Crippen LogP contribution in [-0.4, -0.2) is 22.8 Å². The van der Waals surface area contributed by atoms with E-state index in [9.17, 15) is 10.1 Å².